The first kappa shape index (κ1) is 29.5. The molecule has 0 aliphatic carbocycles. The molecule has 44 heavy (non-hydrogen) atoms. The number of rotatable bonds is 12. The van der Waals surface area contributed by atoms with E-state index in [0.717, 1.165) is 21.6 Å². The fourth-order valence-corrected chi connectivity index (χ4v) is 6.49. The van der Waals surface area contributed by atoms with Crippen molar-refractivity contribution in [3.63, 3.8) is 0 Å². The summed E-state index contributed by atoms with van der Waals surface area (Å²) in [6, 6.07) is 39.6. The number of fused-ring (bicyclic) bond motifs is 1. The van der Waals surface area contributed by atoms with Crippen molar-refractivity contribution in [3.05, 3.63) is 160 Å². The zero-order chi connectivity index (χ0) is 30.4. The first-order valence-corrected chi connectivity index (χ1v) is 15.6. The fraction of sp³-hybridized carbons (Fsp3) is 0.189. The summed E-state index contributed by atoms with van der Waals surface area (Å²) in [6.07, 6.45) is 0. The molecule has 1 aromatic heterocycles. The molecule has 1 aliphatic heterocycles. The van der Waals surface area contributed by atoms with Crippen LogP contribution in [-0.2, 0) is 37.8 Å². The molecule has 222 valence electrons. The zero-order valence-corrected chi connectivity index (χ0v) is 25.3. The van der Waals surface area contributed by atoms with E-state index in [1.807, 2.05) is 133 Å². The molecule has 1 N–H and O–H groups in total. The summed E-state index contributed by atoms with van der Waals surface area (Å²) in [5, 5.41) is 5.57. The third-order valence-electron chi connectivity index (χ3n) is 7.89. The van der Waals surface area contributed by atoms with E-state index in [9.17, 15) is 4.79 Å². The van der Waals surface area contributed by atoms with Gasteiger partial charge in [0.25, 0.3) is 5.91 Å². The van der Waals surface area contributed by atoms with Crippen molar-refractivity contribution in [2.75, 3.05) is 11.5 Å². The molecule has 6 rings (SSSR count). The Morgan fingerprint density at radius 2 is 1.43 bits per heavy atom. The highest BCUT2D eigenvalue weighted by molar-refractivity contribution is 7.09. The molecule has 0 bridgehead atoms. The monoisotopic (exact) mass is 602 g/mol. The lowest BCUT2D eigenvalue weighted by atomic mass is 9.85. The predicted molar refractivity (Wildman–Crippen MR) is 173 cm³/mol. The van der Waals surface area contributed by atoms with Crippen LogP contribution < -0.4 is 10.2 Å². The summed E-state index contributed by atoms with van der Waals surface area (Å²) in [6.45, 7) is 2.40. The Bertz CT molecular complexity index is 1640. The number of carbonyl (C=O) groups is 2. The van der Waals surface area contributed by atoms with Gasteiger partial charge in [0.05, 0.1) is 31.5 Å². The van der Waals surface area contributed by atoms with Gasteiger partial charge in [-0.05, 0) is 41.1 Å². The standard InChI is InChI=1S/C37H34N2O4S/c1-2-42-35(40)34(38-33(28-17-8-4-9-18-28)29-19-10-5-11-20-29)37(43-26-30-21-14-24-44-30)31-22-12-13-23-32(31)39(36(37)41)25-27-15-6-3-7-16-27/h3-24,33-34,38H,2,25-26H2,1H3/t34?,37-/m0/s1. The van der Waals surface area contributed by atoms with Crippen molar-refractivity contribution in [2.45, 2.75) is 37.8 Å². The van der Waals surface area contributed by atoms with Crippen molar-refractivity contribution < 1.29 is 19.1 Å². The van der Waals surface area contributed by atoms with Crippen LogP contribution in [0.15, 0.2) is 133 Å². The Morgan fingerprint density at radius 3 is 2.05 bits per heavy atom. The van der Waals surface area contributed by atoms with Crippen molar-refractivity contribution in [3.8, 4) is 0 Å². The van der Waals surface area contributed by atoms with Gasteiger partial charge in [-0.25, -0.2) is 0 Å². The molecule has 2 heterocycles. The van der Waals surface area contributed by atoms with E-state index in [4.69, 9.17) is 9.47 Å². The third-order valence-corrected chi connectivity index (χ3v) is 8.74. The van der Waals surface area contributed by atoms with Crippen LogP contribution in [0.5, 0.6) is 0 Å². The van der Waals surface area contributed by atoms with E-state index >= 15 is 4.79 Å². The van der Waals surface area contributed by atoms with Crippen LogP contribution in [0.25, 0.3) is 0 Å². The first-order chi connectivity index (χ1) is 21.6. The van der Waals surface area contributed by atoms with E-state index in [2.05, 4.69) is 5.32 Å². The Hall–Kier alpha value is -4.56. The van der Waals surface area contributed by atoms with Crippen LogP contribution in [0.2, 0.25) is 0 Å². The summed E-state index contributed by atoms with van der Waals surface area (Å²) in [5.74, 6) is -0.871. The molecular weight excluding hydrogens is 568 g/mol. The SMILES string of the molecule is CCOC(=O)C(NC(c1ccccc1)c1ccccc1)[C@]1(OCc2cccs2)C(=O)N(Cc2ccccc2)c2ccccc21. The lowest BCUT2D eigenvalue weighted by Gasteiger charge is -2.38. The van der Waals surface area contributed by atoms with Gasteiger partial charge in [0, 0.05) is 10.4 Å². The largest absolute Gasteiger partial charge is 0.465 e. The molecule has 7 heteroatoms. The minimum absolute atomic E-state index is 0.149. The lowest BCUT2D eigenvalue weighted by Crippen LogP contribution is -2.60. The highest BCUT2D eigenvalue weighted by Gasteiger charge is 2.60. The molecule has 4 aromatic carbocycles. The van der Waals surface area contributed by atoms with Gasteiger partial charge in [0.15, 0.2) is 5.60 Å². The fourth-order valence-electron chi connectivity index (χ4n) is 5.87. The average Bonchev–Trinajstić information content (AvgIpc) is 3.67. The highest BCUT2D eigenvalue weighted by atomic mass is 32.1. The Labute approximate surface area is 261 Å². The van der Waals surface area contributed by atoms with E-state index in [1.165, 1.54) is 0 Å². The van der Waals surface area contributed by atoms with Crippen LogP contribution >= 0.6 is 11.3 Å². The first-order valence-electron chi connectivity index (χ1n) is 14.8. The Balaban J connectivity index is 1.52. The van der Waals surface area contributed by atoms with Gasteiger partial charge in [-0.3, -0.25) is 14.9 Å². The maximum atomic E-state index is 15.0. The maximum absolute atomic E-state index is 15.0. The summed E-state index contributed by atoms with van der Waals surface area (Å²) < 4.78 is 12.5. The molecule has 1 unspecified atom stereocenters. The number of para-hydroxylation sites is 1. The smallest absolute Gasteiger partial charge is 0.327 e. The number of nitrogens with one attached hydrogen (secondary N) is 1. The van der Waals surface area contributed by atoms with E-state index in [1.54, 1.807) is 23.2 Å². The molecule has 0 saturated heterocycles. The number of esters is 1. The Kier molecular flexibility index (Phi) is 8.98. The Morgan fingerprint density at radius 1 is 0.818 bits per heavy atom. The van der Waals surface area contributed by atoms with Crippen molar-refractivity contribution in [1.82, 2.24) is 5.32 Å². The molecule has 0 saturated carbocycles. The van der Waals surface area contributed by atoms with E-state index in [0.29, 0.717) is 17.8 Å². The molecule has 0 spiro atoms. The van der Waals surface area contributed by atoms with Crippen LogP contribution in [0.4, 0.5) is 5.69 Å². The van der Waals surface area contributed by atoms with E-state index < -0.39 is 23.7 Å². The van der Waals surface area contributed by atoms with Crippen LogP contribution in [0, 0.1) is 0 Å². The normalized spacial score (nSPS) is 16.6. The van der Waals surface area contributed by atoms with Gasteiger partial charge in [0.2, 0.25) is 0 Å². The molecule has 1 amide bonds. The molecular formula is C37H34N2O4S. The summed E-state index contributed by atoms with van der Waals surface area (Å²) in [7, 11) is 0. The highest BCUT2D eigenvalue weighted by Crippen LogP contribution is 2.47. The average molecular weight is 603 g/mol. The van der Waals surface area contributed by atoms with Gasteiger partial charge in [-0.1, -0.05) is 115 Å². The van der Waals surface area contributed by atoms with E-state index in [-0.39, 0.29) is 19.1 Å². The van der Waals surface area contributed by atoms with Gasteiger partial charge < -0.3 is 14.4 Å². The number of anilines is 1. The van der Waals surface area contributed by atoms with Crippen LogP contribution in [0.1, 0.15) is 40.1 Å². The predicted octanol–water partition coefficient (Wildman–Crippen LogP) is 7.02. The number of thiophene rings is 1. The van der Waals surface area contributed by atoms with Crippen LogP contribution in [-0.4, -0.2) is 24.5 Å². The number of ether oxygens (including phenoxy) is 2. The summed E-state index contributed by atoms with van der Waals surface area (Å²) in [5.41, 5.74) is 2.49. The second kappa shape index (κ2) is 13.4. The molecule has 6 nitrogen and oxygen atoms in total. The molecule has 2 atom stereocenters. The molecule has 0 fully saturated rings. The zero-order valence-electron chi connectivity index (χ0n) is 24.5. The summed E-state index contributed by atoms with van der Waals surface area (Å²) >= 11 is 1.54. The number of benzene rings is 4. The van der Waals surface area contributed by atoms with Crippen molar-refractivity contribution in [1.29, 1.82) is 0 Å². The molecule has 0 radical (unpaired) electrons. The van der Waals surface area contributed by atoms with Crippen LogP contribution in [0.3, 0.4) is 0 Å². The minimum atomic E-state index is -1.70. The number of hydrogen-bond donors (Lipinski definition) is 1. The minimum Gasteiger partial charge on any atom is -0.465 e. The topological polar surface area (TPSA) is 67.9 Å². The second-order valence-electron chi connectivity index (χ2n) is 10.6. The molecule has 5 aromatic rings. The van der Waals surface area contributed by atoms with Gasteiger partial charge in [0.1, 0.15) is 6.04 Å². The second-order valence-corrected chi connectivity index (χ2v) is 11.6. The molecule has 1 aliphatic rings. The van der Waals surface area contributed by atoms with Crippen molar-refractivity contribution in [2.24, 2.45) is 0 Å². The lowest BCUT2D eigenvalue weighted by molar-refractivity contribution is -0.169. The quantitative estimate of drug-likeness (QED) is 0.156. The third kappa shape index (κ3) is 5.82. The van der Waals surface area contributed by atoms with Gasteiger partial charge in [-0.15, -0.1) is 11.3 Å². The van der Waals surface area contributed by atoms with Crippen molar-refractivity contribution >= 4 is 28.9 Å². The number of hydrogen-bond acceptors (Lipinski definition) is 6. The number of nitrogens with zero attached hydrogens (tertiary/aromatic N) is 1. The van der Waals surface area contributed by atoms with Gasteiger partial charge in [-0.2, -0.15) is 0 Å². The number of carbonyl (C=O) groups excluding carboxylic acids is 2. The maximum Gasteiger partial charge on any atom is 0.327 e. The van der Waals surface area contributed by atoms with Gasteiger partial charge >= 0.3 is 5.97 Å². The number of amides is 1. The summed E-state index contributed by atoms with van der Waals surface area (Å²) in [4.78, 5) is 31.9.